The van der Waals surface area contributed by atoms with Crippen molar-refractivity contribution < 1.29 is 13.9 Å². The molecule has 0 saturated carbocycles. The van der Waals surface area contributed by atoms with Crippen LogP contribution in [0, 0.1) is 0 Å². The number of benzene rings is 1. The number of hydrogen-bond acceptors (Lipinski definition) is 3. The summed E-state index contributed by atoms with van der Waals surface area (Å²) in [5.41, 5.74) is 0. The molecule has 0 amide bonds. The Morgan fingerprint density at radius 3 is 2.12 bits per heavy atom. The molecule has 6 heteroatoms. The molecule has 3 nitrogen and oxygen atoms in total. The number of hydrogen-bond donors (Lipinski definition) is 1. The topological polar surface area (TPSA) is 38.7 Å². The van der Waals surface area contributed by atoms with Crippen LogP contribution in [0.3, 0.4) is 0 Å². The third-order valence-corrected chi connectivity index (χ3v) is 5.10. The van der Waals surface area contributed by atoms with Gasteiger partial charge in [-0.25, -0.2) is 0 Å². The zero-order valence-corrected chi connectivity index (χ0v) is 11.7. The molecule has 0 spiro atoms. The SMILES string of the molecule is CCO[PH](O)(OCC)c1ccc(Cl)c(Cl)c1. The second-order valence-electron chi connectivity index (χ2n) is 3.08. The Kier molecular flexibility index (Phi) is 5.45. The fourth-order valence-electron chi connectivity index (χ4n) is 1.29. The van der Waals surface area contributed by atoms with E-state index in [0.717, 1.165) is 0 Å². The Morgan fingerprint density at radius 1 is 1.12 bits per heavy atom. The Morgan fingerprint density at radius 2 is 1.69 bits per heavy atom. The van der Waals surface area contributed by atoms with Gasteiger partial charge in [0.2, 0.25) is 0 Å². The number of halogens is 2. The monoisotopic (exact) mass is 284 g/mol. The summed E-state index contributed by atoms with van der Waals surface area (Å²) in [6.45, 7) is 4.36. The van der Waals surface area contributed by atoms with Crippen LogP contribution in [0.15, 0.2) is 18.2 Å². The molecule has 0 aromatic heterocycles. The molecule has 0 saturated heterocycles. The van der Waals surface area contributed by atoms with Crippen molar-refractivity contribution in [1.82, 2.24) is 0 Å². The first-order chi connectivity index (χ1) is 7.53. The maximum atomic E-state index is 10.3. The van der Waals surface area contributed by atoms with Gasteiger partial charge in [-0.1, -0.05) is 0 Å². The molecule has 1 aromatic carbocycles. The molecule has 1 N–H and O–H groups in total. The number of rotatable bonds is 5. The van der Waals surface area contributed by atoms with E-state index in [1.807, 2.05) is 0 Å². The molecular formula is C10H15Cl2O3P. The van der Waals surface area contributed by atoms with Gasteiger partial charge in [-0.15, -0.1) is 0 Å². The Labute approximate surface area is 106 Å². The van der Waals surface area contributed by atoms with E-state index in [1.54, 1.807) is 32.0 Å². The summed E-state index contributed by atoms with van der Waals surface area (Å²) >= 11 is 11.7. The van der Waals surface area contributed by atoms with E-state index in [2.05, 4.69) is 0 Å². The third kappa shape index (κ3) is 3.30. The average Bonchev–Trinajstić information content (AvgIpc) is 2.22. The van der Waals surface area contributed by atoms with Crippen molar-refractivity contribution in [2.45, 2.75) is 13.8 Å². The summed E-state index contributed by atoms with van der Waals surface area (Å²) in [5.74, 6) is 0. The normalized spacial score (nSPS) is 12.8. The fraction of sp³-hybridized carbons (Fsp3) is 0.400. The molecule has 0 fully saturated rings. The minimum absolute atomic E-state index is 0.378. The Bertz CT molecular complexity index is 354. The Hall–Kier alpha value is 0.110. The van der Waals surface area contributed by atoms with Gasteiger partial charge < -0.3 is 0 Å². The first-order valence-corrected chi connectivity index (χ1v) is 7.51. The van der Waals surface area contributed by atoms with Gasteiger partial charge >= 0.3 is 106 Å². The summed E-state index contributed by atoms with van der Waals surface area (Å²) in [6.07, 6.45) is 0. The van der Waals surface area contributed by atoms with Crippen LogP contribution in [0.25, 0.3) is 0 Å². The molecule has 16 heavy (non-hydrogen) atoms. The van der Waals surface area contributed by atoms with Crippen molar-refractivity contribution >= 4 is 36.4 Å². The van der Waals surface area contributed by atoms with E-state index in [0.29, 0.717) is 28.6 Å². The third-order valence-electron chi connectivity index (χ3n) is 1.96. The van der Waals surface area contributed by atoms with E-state index in [4.69, 9.17) is 32.2 Å². The summed E-state index contributed by atoms with van der Waals surface area (Å²) < 4.78 is 10.6. The zero-order valence-electron chi connectivity index (χ0n) is 9.17. The van der Waals surface area contributed by atoms with Gasteiger partial charge in [0, 0.05) is 0 Å². The predicted molar refractivity (Wildman–Crippen MR) is 69.9 cm³/mol. The van der Waals surface area contributed by atoms with Gasteiger partial charge in [-0.3, -0.25) is 0 Å². The van der Waals surface area contributed by atoms with Gasteiger partial charge in [-0.05, 0) is 0 Å². The molecule has 0 bridgehead atoms. The zero-order chi connectivity index (χ0) is 12.2. The van der Waals surface area contributed by atoms with Crippen molar-refractivity contribution in [3.8, 4) is 0 Å². The summed E-state index contributed by atoms with van der Waals surface area (Å²) in [7, 11) is -3.32. The summed E-state index contributed by atoms with van der Waals surface area (Å²) in [6, 6.07) is 4.88. The molecule has 0 heterocycles. The predicted octanol–water partition coefficient (Wildman–Crippen LogP) is 3.18. The van der Waals surface area contributed by atoms with E-state index in [9.17, 15) is 4.89 Å². The van der Waals surface area contributed by atoms with E-state index < -0.39 is 7.94 Å². The van der Waals surface area contributed by atoms with Crippen molar-refractivity contribution in [3.63, 3.8) is 0 Å². The van der Waals surface area contributed by atoms with Gasteiger partial charge in [0.1, 0.15) is 0 Å². The van der Waals surface area contributed by atoms with Crippen LogP contribution >= 0.6 is 31.1 Å². The molecule has 0 aliphatic rings. The molecule has 0 radical (unpaired) electrons. The summed E-state index contributed by atoms with van der Waals surface area (Å²) in [5, 5.41) is 1.38. The van der Waals surface area contributed by atoms with E-state index in [1.165, 1.54) is 0 Å². The molecule has 92 valence electrons. The van der Waals surface area contributed by atoms with Crippen LogP contribution in [-0.4, -0.2) is 18.1 Å². The van der Waals surface area contributed by atoms with Gasteiger partial charge in [0.25, 0.3) is 0 Å². The molecule has 0 atom stereocenters. The van der Waals surface area contributed by atoms with E-state index >= 15 is 0 Å². The van der Waals surface area contributed by atoms with Gasteiger partial charge in [0.15, 0.2) is 0 Å². The minimum atomic E-state index is -3.32. The van der Waals surface area contributed by atoms with Crippen LogP contribution in [0.2, 0.25) is 10.0 Å². The van der Waals surface area contributed by atoms with Crippen LogP contribution < -0.4 is 5.30 Å². The van der Waals surface area contributed by atoms with Crippen LogP contribution in [-0.2, 0) is 9.05 Å². The van der Waals surface area contributed by atoms with Crippen molar-refractivity contribution in [3.05, 3.63) is 28.2 Å². The molecule has 1 rings (SSSR count). The van der Waals surface area contributed by atoms with Crippen molar-refractivity contribution in [2.24, 2.45) is 0 Å². The van der Waals surface area contributed by atoms with Gasteiger partial charge in [-0.2, -0.15) is 0 Å². The fourth-order valence-corrected chi connectivity index (χ4v) is 3.50. The standard InChI is InChI=1S/C10H15Cl2O3P/c1-3-14-16(13,15-4-2)8-5-6-9(11)10(12)7-8/h5-7,13,16H,3-4H2,1-2H3. The second kappa shape index (κ2) is 6.15. The van der Waals surface area contributed by atoms with E-state index in [-0.39, 0.29) is 0 Å². The summed E-state index contributed by atoms with van der Waals surface area (Å²) in [4.78, 5) is 10.3. The molecular weight excluding hydrogens is 270 g/mol. The van der Waals surface area contributed by atoms with Crippen molar-refractivity contribution in [1.29, 1.82) is 0 Å². The molecule has 0 aliphatic carbocycles. The molecule has 0 aliphatic heterocycles. The molecule has 1 aromatic rings. The van der Waals surface area contributed by atoms with Crippen LogP contribution in [0.1, 0.15) is 13.8 Å². The van der Waals surface area contributed by atoms with Crippen LogP contribution in [0.5, 0.6) is 0 Å². The molecule has 0 unspecified atom stereocenters. The average molecular weight is 285 g/mol. The van der Waals surface area contributed by atoms with Crippen molar-refractivity contribution in [2.75, 3.05) is 13.2 Å². The van der Waals surface area contributed by atoms with Crippen LogP contribution in [0.4, 0.5) is 0 Å². The quantitative estimate of drug-likeness (QED) is 0.844. The van der Waals surface area contributed by atoms with Gasteiger partial charge in [0.05, 0.1) is 0 Å². The first-order valence-electron chi connectivity index (χ1n) is 4.99. The Balaban J connectivity index is 3.05. The second-order valence-corrected chi connectivity index (χ2v) is 6.21. The first kappa shape index (κ1) is 14.2. The maximum absolute atomic E-state index is 10.3.